The topological polar surface area (TPSA) is 129 Å². The third kappa shape index (κ3) is 5.28. The molecule has 0 radical (unpaired) electrons. The van der Waals surface area contributed by atoms with E-state index in [1.807, 2.05) is 36.9 Å². The monoisotopic (exact) mass is 461 g/mol. The molecule has 4 aromatic rings. The summed E-state index contributed by atoms with van der Waals surface area (Å²) < 4.78 is 20.4. The molecule has 2 atom stereocenters. The van der Waals surface area contributed by atoms with E-state index >= 15 is 0 Å². The van der Waals surface area contributed by atoms with Crippen molar-refractivity contribution in [2.24, 2.45) is 7.05 Å². The van der Waals surface area contributed by atoms with Crippen LogP contribution >= 0.6 is 0 Å². The molecule has 0 saturated heterocycles. The highest BCUT2D eigenvalue weighted by Gasteiger charge is 2.09. The molecule has 9 nitrogen and oxygen atoms in total. The minimum Gasteiger partial charge on any atom is -0.394 e. The van der Waals surface area contributed by atoms with Gasteiger partial charge in [-0.3, -0.25) is 9.46 Å². The summed E-state index contributed by atoms with van der Waals surface area (Å²) in [7, 11) is -0.239. The van der Waals surface area contributed by atoms with Crippen LogP contribution in [0.2, 0.25) is 0 Å². The van der Waals surface area contributed by atoms with Crippen molar-refractivity contribution in [3.63, 3.8) is 0 Å². The molecule has 0 fully saturated rings. The van der Waals surface area contributed by atoms with Crippen molar-refractivity contribution in [2.75, 3.05) is 17.2 Å². The Balaban J connectivity index is 1.62. The maximum atomic E-state index is 11.3. The fourth-order valence-electron chi connectivity index (χ4n) is 3.11. The van der Waals surface area contributed by atoms with Crippen LogP contribution in [0.3, 0.4) is 0 Å². The molecule has 2 heterocycles. The molecule has 4 rings (SSSR count). The number of aryl methyl sites for hydroxylation is 1. The molecule has 168 valence electrons. The molecule has 0 aliphatic heterocycles. The minimum absolute atomic E-state index is 0.0654. The van der Waals surface area contributed by atoms with E-state index in [4.69, 9.17) is 4.78 Å². The summed E-state index contributed by atoms with van der Waals surface area (Å²) in [5.74, 6) is 7.09. The molecular weight excluding hydrogens is 438 g/mol. The molecule has 2 aromatic carbocycles. The number of nitrogens with one attached hydrogen (secondary N) is 3. The van der Waals surface area contributed by atoms with E-state index in [0.717, 1.165) is 16.5 Å². The van der Waals surface area contributed by atoms with Crippen molar-refractivity contribution in [3.8, 4) is 11.8 Å². The van der Waals surface area contributed by atoms with Gasteiger partial charge in [0.2, 0.25) is 5.95 Å². The van der Waals surface area contributed by atoms with Crippen LogP contribution in [0.15, 0.2) is 59.8 Å². The second kappa shape index (κ2) is 9.68. The van der Waals surface area contributed by atoms with Gasteiger partial charge >= 0.3 is 0 Å². The second-order valence-corrected chi connectivity index (χ2v) is 8.55. The Labute approximate surface area is 192 Å². The van der Waals surface area contributed by atoms with Crippen LogP contribution in [-0.4, -0.2) is 41.7 Å². The third-order valence-electron chi connectivity index (χ3n) is 4.89. The molecule has 0 aliphatic rings. The highest BCUT2D eigenvalue weighted by molar-refractivity contribution is 7.73. The van der Waals surface area contributed by atoms with E-state index < -0.39 is 10.6 Å². The number of aliphatic hydroxyl groups is 1. The van der Waals surface area contributed by atoms with Gasteiger partial charge in [0.1, 0.15) is 5.82 Å². The SMILES string of the molecule is C[C@H](CO)Nc1nc(Nc2ccc([SH](=N)=O)cc2)ncc1C#Cc1ccc2c(cnn2C)c1. The maximum absolute atomic E-state index is 11.3. The Morgan fingerprint density at radius 1 is 1.18 bits per heavy atom. The molecule has 0 aliphatic carbocycles. The third-order valence-corrected chi connectivity index (χ3v) is 5.66. The fraction of sp³-hybridized carbons (Fsp3) is 0.174. The van der Waals surface area contributed by atoms with Crippen molar-refractivity contribution in [3.05, 3.63) is 66.0 Å². The Kier molecular flexibility index (Phi) is 6.53. The molecule has 33 heavy (non-hydrogen) atoms. The number of benzene rings is 2. The Morgan fingerprint density at radius 2 is 1.97 bits per heavy atom. The Morgan fingerprint density at radius 3 is 2.70 bits per heavy atom. The number of nitrogens with zero attached hydrogens (tertiary/aromatic N) is 4. The lowest BCUT2D eigenvalue weighted by atomic mass is 10.1. The van der Waals surface area contributed by atoms with Gasteiger partial charge in [0.25, 0.3) is 0 Å². The molecular formula is C23H23N7O2S. The van der Waals surface area contributed by atoms with Crippen LogP contribution in [0, 0.1) is 16.6 Å². The van der Waals surface area contributed by atoms with Crippen LogP contribution in [0.25, 0.3) is 10.9 Å². The number of fused-ring (bicyclic) bond motifs is 1. The minimum atomic E-state index is -2.13. The van der Waals surface area contributed by atoms with Crippen molar-refractivity contribution in [1.82, 2.24) is 19.7 Å². The van der Waals surface area contributed by atoms with E-state index in [1.54, 1.807) is 36.7 Å². The van der Waals surface area contributed by atoms with Crippen LogP contribution in [0.1, 0.15) is 18.1 Å². The Bertz CT molecular complexity index is 1420. The summed E-state index contributed by atoms with van der Waals surface area (Å²) in [5, 5.41) is 21.0. The summed E-state index contributed by atoms with van der Waals surface area (Å²) >= 11 is 0. The van der Waals surface area contributed by atoms with E-state index in [1.165, 1.54) is 0 Å². The van der Waals surface area contributed by atoms with Gasteiger partial charge < -0.3 is 15.7 Å². The first-order chi connectivity index (χ1) is 15.9. The lowest BCUT2D eigenvalue weighted by Crippen LogP contribution is -2.21. The summed E-state index contributed by atoms with van der Waals surface area (Å²) in [6.07, 6.45) is 3.42. The Hall–Kier alpha value is -3.94. The summed E-state index contributed by atoms with van der Waals surface area (Å²) in [5.41, 5.74) is 3.15. The van der Waals surface area contributed by atoms with Crippen LogP contribution in [-0.2, 0) is 17.6 Å². The zero-order chi connectivity index (χ0) is 23.4. The van der Waals surface area contributed by atoms with E-state index in [2.05, 4.69) is 37.5 Å². The first-order valence-electron chi connectivity index (χ1n) is 10.2. The maximum Gasteiger partial charge on any atom is 0.229 e. The predicted octanol–water partition coefficient (Wildman–Crippen LogP) is 2.90. The van der Waals surface area contributed by atoms with Crippen molar-refractivity contribution >= 4 is 39.0 Å². The van der Waals surface area contributed by atoms with Crippen LogP contribution in [0.5, 0.6) is 0 Å². The molecule has 4 N–H and O–H groups in total. The van der Waals surface area contributed by atoms with Gasteiger partial charge in [0.15, 0.2) is 0 Å². The van der Waals surface area contributed by atoms with Crippen molar-refractivity contribution in [1.29, 1.82) is 4.78 Å². The molecule has 0 saturated carbocycles. The van der Waals surface area contributed by atoms with Gasteiger partial charge in [0, 0.05) is 34.6 Å². The molecule has 2 aromatic heterocycles. The number of aromatic nitrogens is 4. The fourth-order valence-corrected chi connectivity index (χ4v) is 3.53. The van der Waals surface area contributed by atoms with Gasteiger partial charge in [-0.2, -0.15) is 10.1 Å². The van der Waals surface area contributed by atoms with Crippen molar-refractivity contribution < 1.29 is 9.32 Å². The van der Waals surface area contributed by atoms with E-state index in [0.29, 0.717) is 27.9 Å². The number of thiol groups is 1. The molecule has 1 unspecified atom stereocenters. The average Bonchev–Trinajstić information content (AvgIpc) is 3.19. The lowest BCUT2D eigenvalue weighted by Gasteiger charge is -2.14. The van der Waals surface area contributed by atoms with E-state index in [9.17, 15) is 9.32 Å². The van der Waals surface area contributed by atoms with Gasteiger partial charge in [-0.15, -0.1) is 0 Å². The van der Waals surface area contributed by atoms with Gasteiger partial charge in [-0.1, -0.05) is 11.8 Å². The zero-order valence-corrected chi connectivity index (χ0v) is 19.0. The molecule has 0 amide bonds. The number of aliphatic hydroxyl groups excluding tert-OH is 1. The summed E-state index contributed by atoms with van der Waals surface area (Å²) in [6.45, 7) is 1.77. The largest absolute Gasteiger partial charge is 0.394 e. The first-order valence-corrected chi connectivity index (χ1v) is 11.4. The number of anilines is 3. The lowest BCUT2D eigenvalue weighted by molar-refractivity contribution is 0.281. The number of rotatable bonds is 6. The van der Waals surface area contributed by atoms with Gasteiger partial charge in [-0.25, -0.2) is 9.19 Å². The summed E-state index contributed by atoms with van der Waals surface area (Å²) in [6, 6.07) is 12.3. The number of hydrogen-bond acceptors (Lipinski definition) is 8. The first kappa shape index (κ1) is 22.3. The average molecular weight is 462 g/mol. The second-order valence-electron chi connectivity index (χ2n) is 7.44. The van der Waals surface area contributed by atoms with Crippen molar-refractivity contribution in [2.45, 2.75) is 17.9 Å². The van der Waals surface area contributed by atoms with Gasteiger partial charge in [-0.05, 0) is 49.4 Å². The van der Waals surface area contributed by atoms with Gasteiger partial charge in [0.05, 0.1) is 40.7 Å². The van der Waals surface area contributed by atoms with Crippen LogP contribution in [0.4, 0.5) is 17.5 Å². The highest BCUT2D eigenvalue weighted by atomic mass is 32.2. The normalized spacial score (nSPS) is 12.6. The zero-order valence-electron chi connectivity index (χ0n) is 18.1. The van der Waals surface area contributed by atoms with Crippen LogP contribution < -0.4 is 10.6 Å². The molecule has 10 heteroatoms. The number of hydrogen-bond donors (Lipinski definition) is 5. The summed E-state index contributed by atoms with van der Waals surface area (Å²) in [4.78, 5) is 9.33. The quantitative estimate of drug-likeness (QED) is 0.221. The molecule has 0 bridgehead atoms. The van der Waals surface area contributed by atoms with E-state index in [-0.39, 0.29) is 12.6 Å². The molecule has 0 spiro atoms. The smallest absolute Gasteiger partial charge is 0.229 e. The highest BCUT2D eigenvalue weighted by Crippen LogP contribution is 2.19. The standard InChI is InChI=1S/C23H23N7O2S/c1-15(14-31)27-22-17(5-3-16-4-10-21-18(11-16)13-26-30(21)2)12-25-23(29-22)28-19-6-8-20(9-7-19)33(24)32/h4,6-13,15,24,31,33H,14H2,1-2H3,(H2,25,27,28,29)/t15-/m1/s1. The predicted molar refractivity (Wildman–Crippen MR) is 129 cm³/mol.